The molecule has 0 unspecified atom stereocenters. The van der Waals surface area contributed by atoms with Crippen LogP contribution >= 0.6 is 27.7 Å². The lowest BCUT2D eigenvalue weighted by atomic mass is 10.2. The first-order chi connectivity index (χ1) is 9.52. The predicted molar refractivity (Wildman–Crippen MR) is 78.2 cm³/mol. The Labute approximate surface area is 127 Å². The maximum absolute atomic E-state index is 10.6. The molecular weight excluding hydrogens is 348 g/mol. The number of hydrogen-bond acceptors (Lipinski definition) is 6. The number of benzene rings is 1. The number of halogens is 1. The van der Waals surface area contributed by atoms with Crippen molar-refractivity contribution in [1.82, 2.24) is 14.9 Å². The van der Waals surface area contributed by atoms with Crippen LogP contribution in [0.5, 0.6) is 5.75 Å². The highest BCUT2D eigenvalue weighted by Crippen LogP contribution is 2.31. The molecule has 20 heavy (non-hydrogen) atoms. The molecule has 0 saturated heterocycles. The van der Waals surface area contributed by atoms with Crippen molar-refractivity contribution in [2.45, 2.75) is 5.16 Å². The van der Waals surface area contributed by atoms with Crippen molar-refractivity contribution in [3.05, 3.63) is 22.7 Å². The van der Waals surface area contributed by atoms with Gasteiger partial charge in [0, 0.05) is 10.0 Å². The van der Waals surface area contributed by atoms with Crippen LogP contribution in [-0.2, 0) is 4.79 Å². The van der Waals surface area contributed by atoms with Crippen LogP contribution in [0.3, 0.4) is 0 Å². The van der Waals surface area contributed by atoms with Gasteiger partial charge in [-0.1, -0.05) is 27.7 Å². The average Bonchev–Trinajstić information content (AvgIpc) is 2.78. The monoisotopic (exact) mass is 358 g/mol. The van der Waals surface area contributed by atoms with Crippen LogP contribution in [0.25, 0.3) is 11.4 Å². The molecule has 0 radical (unpaired) electrons. The number of rotatable bonds is 5. The van der Waals surface area contributed by atoms with E-state index in [0.717, 1.165) is 16.2 Å². The fraction of sp³-hybridized carbons (Fsp3) is 0.182. The molecule has 0 aliphatic heterocycles. The van der Waals surface area contributed by atoms with Crippen LogP contribution in [0.15, 0.2) is 27.8 Å². The summed E-state index contributed by atoms with van der Waals surface area (Å²) < 4.78 is 7.20. The molecule has 0 saturated carbocycles. The molecule has 106 valence electrons. The number of hydrogen-bond donors (Lipinski definition) is 2. The average molecular weight is 359 g/mol. The Balaban J connectivity index is 2.36. The molecule has 0 spiro atoms. The Morgan fingerprint density at radius 2 is 2.30 bits per heavy atom. The molecule has 0 aliphatic rings. The molecule has 0 fully saturated rings. The second-order valence-corrected chi connectivity index (χ2v) is 5.50. The first-order valence-corrected chi connectivity index (χ1v) is 7.19. The lowest BCUT2D eigenvalue weighted by Gasteiger charge is -2.07. The Morgan fingerprint density at radius 3 is 2.95 bits per heavy atom. The number of carboxylic acids is 1. The molecule has 3 N–H and O–H groups in total. The van der Waals surface area contributed by atoms with E-state index in [9.17, 15) is 4.79 Å². The van der Waals surface area contributed by atoms with Crippen molar-refractivity contribution in [2.75, 3.05) is 18.7 Å². The fourth-order valence-electron chi connectivity index (χ4n) is 1.49. The zero-order valence-electron chi connectivity index (χ0n) is 10.4. The molecule has 7 nitrogen and oxygen atoms in total. The van der Waals surface area contributed by atoms with Crippen molar-refractivity contribution in [3.63, 3.8) is 0 Å². The van der Waals surface area contributed by atoms with Crippen molar-refractivity contribution in [1.29, 1.82) is 0 Å². The summed E-state index contributed by atoms with van der Waals surface area (Å²) in [7, 11) is 1.56. The number of aliphatic carboxylic acids is 1. The normalized spacial score (nSPS) is 10.5. The lowest BCUT2D eigenvalue weighted by Crippen LogP contribution is -2.12. The Kier molecular flexibility index (Phi) is 4.50. The summed E-state index contributed by atoms with van der Waals surface area (Å²) in [6.45, 7) is 0. The summed E-state index contributed by atoms with van der Waals surface area (Å²) in [5.74, 6) is 5.90. The zero-order chi connectivity index (χ0) is 14.7. The van der Waals surface area contributed by atoms with Gasteiger partial charge >= 0.3 is 5.97 Å². The molecule has 0 atom stereocenters. The number of nitrogen functional groups attached to an aromatic ring is 1. The van der Waals surface area contributed by atoms with Crippen LogP contribution in [0.1, 0.15) is 0 Å². The highest BCUT2D eigenvalue weighted by molar-refractivity contribution is 9.10. The number of carbonyl (C=O) groups is 1. The van der Waals surface area contributed by atoms with E-state index in [2.05, 4.69) is 26.1 Å². The van der Waals surface area contributed by atoms with Crippen molar-refractivity contribution in [3.8, 4) is 17.1 Å². The van der Waals surface area contributed by atoms with E-state index < -0.39 is 5.97 Å². The van der Waals surface area contributed by atoms with E-state index in [1.54, 1.807) is 19.2 Å². The van der Waals surface area contributed by atoms with Gasteiger partial charge in [-0.25, -0.2) is 4.68 Å². The second-order valence-electron chi connectivity index (χ2n) is 3.70. The lowest BCUT2D eigenvalue weighted by molar-refractivity contribution is -0.133. The standard InChI is InChI=1S/C11H11BrN4O3S/c1-19-6-2-3-8(12)7(4-6)10-14-15-11(16(10)13)20-5-9(17)18/h2-4H,5,13H2,1H3,(H,17,18). The summed E-state index contributed by atoms with van der Waals surface area (Å²) in [5, 5.41) is 16.9. The van der Waals surface area contributed by atoms with Gasteiger partial charge in [0.25, 0.3) is 0 Å². The van der Waals surface area contributed by atoms with Gasteiger partial charge in [-0.2, -0.15) is 0 Å². The molecule has 0 amide bonds. The number of nitrogens with zero attached hydrogens (tertiary/aromatic N) is 3. The number of carboxylic acid groups (broad SMARTS) is 1. The highest BCUT2D eigenvalue weighted by Gasteiger charge is 2.16. The summed E-state index contributed by atoms with van der Waals surface area (Å²) in [4.78, 5) is 10.6. The smallest absolute Gasteiger partial charge is 0.313 e. The maximum Gasteiger partial charge on any atom is 0.313 e. The van der Waals surface area contributed by atoms with Crippen LogP contribution in [-0.4, -0.2) is 38.8 Å². The second kappa shape index (κ2) is 6.14. The molecule has 1 aromatic carbocycles. The van der Waals surface area contributed by atoms with Crippen LogP contribution in [0.4, 0.5) is 0 Å². The minimum atomic E-state index is -0.942. The molecule has 1 heterocycles. The highest BCUT2D eigenvalue weighted by atomic mass is 79.9. The van der Waals surface area contributed by atoms with E-state index in [0.29, 0.717) is 22.3 Å². The van der Waals surface area contributed by atoms with E-state index >= 15 is 0 Å². The number of ether oxygens (including phenoxy) is 1. The van der Waals surface area contributed by atoms with Crippen LogP contribution in [0.2, 0.25) is 0 Å². The van der Waals surface area contributed by atoms with E-state index in [1.807, 2.05) is 6.07 Å². The van der Waals surface area contributed by atoms with E-state index in [1.165, 1.54) is 4.68 Å². The predicted octanol–water partition coefficient (Wildman–Crippen LogP) is 1.61. The Hall–Kier alpha value is -1.74. The largest absolute Gasteiger partial charge is 0.497 e. The van der Waals surface area contributed by atoms with Gasteiger partial charge in [0.2, 0.25) is 5.16 Å². The molecular formula is C11H11BrN4O3S. The third-order valence-corrected chi connectivity index (χ3v) is 4.02. The van der Waals surface area contributed by atoms with Crippen molar-refractivity contribution in [2.24, 2.45) is 0 Å². The summed E-state index contributed by atoms with van der Waals surface area (Å²) in [6, 6.07) is 5.38. The van der Waals surface area contributed by atoms with Crippen LogP contribution in [0, 0.1) is 0 Å². The van der Waals surface area contributed by atoms with Crippen molar-refractivity contribution >= 4 is 33.7 Å². The SMILES string of the molecule is COc1ccc(Br)c(-c2nnc(SCC(=O)O)n2N)c1. The molecule has 1 aromatic heterocycles. The molecule has 0 aliphatic carbocycles. The van der Waals surface area contributed by atoms with Crippen molar-refractivity contribution < 1.29 is 14.6 Å². The minimum Gasteiger partial charge on any atom is -0.497 e. The number of nitrogens with two attached hydrogens (primary N) is 1. The van der Waals surface area contributed by atoms with Gasteiger partial charge < -0.3 is 15.7 Å². The summed E-state index contributed by atoms with van der Waals surface area (Å²) >= 11 is 4.41. The van der Waals surface area contributed by atoms with Gasteiger partial charge in [0.05, 0.1) is 12.9 Å². The molecule has 9 heteroatoms. The number of aromatic nitrogens is 3. The number of thioether (sulfide) groups is 1. The molecule has 0 bridgehead atoms. The minimum absolute atomic E-state index is 0.130. The van der Waals surface area contributed by atoms with E-state index in [4.69, 9.17) is 15.7 Å². The van der Waals surface area contributed by atoms with Gasteiger partial charge in [0.1, 0.15) is 5.75 Å². The molecule has 2 aromatic rings. The maximum atomic E-state index is 10.6. The number of methoxy groups -OCH3 is 1. The zero-order valence-corrected chi connectivity index (χ0v) is 12.8. The van der Waals surface area contributed by atoms with Gasteiger partial charge in [0.15, 0.2) is 5.82 Å². The van der Waals surface area contributed by atoms with Gasteiger partial charge in [-0.15, -0.1) is 10.2 Å². The summed E-state index contributed by atoms with van der Waals surface area (Å²) in [6.07, 6.45) is 0. The summed E-state index contributed by atoms with van der Waals surface area (Å²) in [5.41, 5.74) is 0.710. The van der Waals surface area contributed by atoms with E-state index in [-0.39, 0.29) is 5.75 Å². The Morgan fingerprint density at radius 1 is 1.55 bits per heavy atom. The molecule has 2 rings (SSSR count). The van der Waals surface area contributed by atoms with Gasteiger partial charge in [-0.05, 0) is 18.2 Å². The third-order valence-electron chi connectivity index (χ3n) is 2.40. The third kappa shape index (κ3) is 3.05. The van der Waals surface area contributed by atoms with Crippen LogP contribution < -0.4 is 10.6 Å². The van der Waals surface area contributed by atoms with Gasteiger partial charge in [-0.3, -0.25) is 4.79 Å². The Bertz CT molecular complexity index is 647. The first-order valence-electron chi connectivity index (χ1n) is 5.42. The fourth-order valence-corrected chi connectivity index (χ4v) is 2.49. The quantitative estimate of drug-likeness (QED) is 0.617. The topological polar surface area (TPSA) is 103 Å². The first kappa shape index (κ1) is 14.7.